The van der Waals surface area contributed by atoms with Gasteiger partial charge in [0, 0.05) is 10.6 Å². The van der Waals surface area contributed by atoms with Crippen molar-refractivity contribution in [3.8, 4) is 17.0 Å². The minimum atomic E-state index is -0.257. The molecule has 3 aromatic rings. The fourth-order valence-electron chi connectivity index (χ4n) is 2.30. The molecule has 0 aliphatic carbocycles. The maximum absolute atomic E-state index is 11.9. The Balaban J connectivity index is 1.53. The molecule has 0 unspecified atom stereocenters. The van der Waals surface area contributed by atoms with Gasteiger partial charge in [-0.1, -0.05) is 41.9 Å². The summed E-state index contributed by atoms with van der Waals surface area (Å²) in [5.41, 5.74) is 1.76. The van der Waals surface area contributed by atoms with Crippen LogP contribution in [0.15, 0.2) is 59.0 Å². The molecule has 0 aliphatic heterocycles. The van der Waals surface area contributed by atoms with E-state index in [4.69, 9.17) is 20.8 Å². The molecule has 0 aliphatic rings. The molecule has 0 radical (unpaired) electrons. The zero-order valence-corrected chi connectivity index (χ0v) is 14.4. The molecule has 5 nitrogen and oxygen atoms in total. The molecule has 25 heavy (non-hydrogen) atoms. The first-order valence-electron chi connectivity index (χ1n) is 7.78. The topological polar surface area (TPSA) is 64.4 Å². The van der Waals surface area contributed by atoms with E-state index >= 15 is 0 Å². The van der Waals surface area contributed by atoms with Crippen LogP contribution < -0.4 is 10.1 Å². The summed E-state index contributed by atoms with van der Waals surface area (Å²) < 4.78 is 11.0. The van der Waals surface area contributed by atoms with Crippen LogP contribution in [0.1, 0.15) is 11.7 Å². The largest absolute Gasteiger partial charge is 0.484 e. The number of carbonyl (C=O) groups is 1. The first-order chi connectivity index (χ1) is 12.1. The van der Waals surface area contributed by atoms with E-state index in [1.54, 1.807) is 24.3 Å². The lowest BCUT2D eigenvalue weighted by molar-refractivity contribution is -0.123. The molecule has 1 aromatic heterocycles. The predicted octanol–water partition coefficient (Wildman–Crippen LogP) is 4.00. The zero-order valence-electron chi connectivity index (χ0n) is 13.7. The van der Waals surface area contributed by atoms with E-state index in [9.17, 15) is 4.79 Å². The fourth-order valence-corrected chi connectivity index (χ4v) is 2.42. The van der Waals surface area contributed by atoms with Gasteiger partial charge in [0.05, 0.1) is 6.54 Å². The van der Waals surface area contributed by atoms with Crippen molar-refractivity contribution in [2.75, 3.05) is 6.61 Å². The molecule has 128 valence electrons. The van der Waals surface area contributed by atoms with Gasteiger partial charge in [-0.3, -0.25) is 4.79 Å². The lowest BCUT2D eigenvalue weighted by Gasteiger charge is -2.06. The van der Waals surface area contributed by atoms with E-state index in [0.717, 1.165) is 11.3 Å². The van der Waals surface area contributed by atoms with Crippen LogP contribution >= 0.6 is 11.6 Å². The van der Waals surface area contributed by atoms with E-state index in [0.29, 0.717) is 22.4 Å². The minimum absolute atomic E-state index is 0.0904. The van der Waals surface area contributed by atoms with Crippen molar-refractivity contribution < 1.29 is 13.9 Å². The van der Waals surface area contributed by atoms with Crippen LogP contribution in [-0.4, -0.2) is 17.5 Å². The highest BCUT2D eigenvalue weighted by atomic mass is 35.5. The van der Waals surface area contributed by atoms with E-state index in [1.165, 1.54) is 0 Å². The number of aromatic nitrogens is 1. The monoisotopic (exact) mass is 356 g/mol. The number of hydrogen-bond acceptors (Lipinski definition) is 4. The molecule has 0 saturated carbocycles. The number of nitrogens with zero attached hydrogens (tertiary/aromatic N) is 1. The Morgan fingerprint density at radius 2 is 1.88 bits per heavy atom. The Kier molecular flexibility index (Phi) is 5.36. The van der Waals surface area contributed by atoms with Gasteiger partial charge in [-0.15, -0.1) is 0 Å². The van der Waals surface area contributed by atoms with Crippen molar-refractivity contribution in [2.45, 2.75) is 13.5 Å². The molecule has 0 atom stereocenters. The highest BCUT2D eigenvalue weighted by Gasteiger charge is 2.12. The van der Waals surface area contributed by atoms with Crippen LogP contribution in [0.3, 0.4) is 0 Å². The number of hydrogen-bond donors (Lipinski definition) is 1. The standard InChI is InChI=1S/C19H17ClN2O3/c1-13-19(14-5-3-2-4-6-14)22-18(25-13)11-21-17(23)12-24-16-9-7-15(20)8-10-16/h2-10H,11-12H2,1H3,(H,21,23). The highest BCUT2D eigenvalue weighted by molar-refractivity contribution is 6.30. The second kappa shape index (κ2) is 7.85. The number of amides is 1. The Morgan fingerprint density at radius 3 is 2.60 bits per heavy atom. The Bertz CT molecular complexity index is 845. The smallest absolute Gasteiger partial charge is 0.258 e. The maximum Gasteiger partial charge on any atom is 0.258 e. The molecule has 1 N–H and O–H groups in total. The van der Waals surface area contributed by atoms with Crippen LogP contribution in [0.2, 0.25) is 5.02 Å². The fraction of sp³-hybridized carbons (Fsp3) is 0.158. The van der Waals surface area contributed by atoms with Crippen molar-refractivity contribution in [3.63, 3.8) is 0 Å². The summed E-state index contributed by atoms with van der Waals surface area (Å²) in [5, 5.41) is 3.34. The van der Waals surface area contributed by atoms with E-state index in [-0.39, 0.29) is 19.1 Å². The maximum atomic E-state index is 11.9. The van der Waals surface area contributed by atoms with Crippen LogP contribution in [0.25, 0.3) is 11.3 Å². The van der Waals surface area contributed by atoms with E-state index in [2.05, 4.69) is 10.3 Å². The second-order valence-electron chi connectivity index (χ2n) is 5.40. The summed E-state index contributed by atoms with van der Waals surface area (Å²) in [4.78, 5) is 16.3. The average Bonchev–Trinajstić information content (AvgIpc) is 3.01. The van der Waals surface area contributed by atoms with Crippen molar-refractivity contribution in [1.29, 1.82) is 0 Å². The molecule has 1 amide bonds. The van der Waals surface area contributed by atoms with Crippen LogP contribution in [0.4, 0.5) is 0 Å². The van der Waals surface area contributed by atoms with E-state index in [1.807, 2.05) is 37.3 Å². The van der Waals surface area contributed by atoms with Gasteiger partial charge in [-0.2, -0.15) is 0 Å². The van der Waals surface area contributed by atoms with Crippen LogP contribution in [0.5, 0.6) is 5.75 Å². The molecule has 0 fully saturated rings. The number of halogens is 1. The summed E-state index contributed by atoms with van der Waals surface area (Å²) in [5.74, 6) is 1.49. The van der Waals surface area contributed by atoms with Gasteiger partial charge < -0.3 is 14.5 Å². The van der Waals surface area contributed by atoms with Crippen molar-refractivity contribution in [1.82, 2.24) is 10.3 Å². The van der Waals surface area contributed by atoms with Crippen LogP contribution in [0, 0.1) is 6.92 Å². The number of ether oxygens (including phenoxy) is 1. The number of benzene rings is 2. The third-order valence-corrected chi connectivity index (χ3v) is 3.76. The number of oxazole rings is 1. The Hall–Kier alpha value is -2.79. The van der Waals surface area contributed by atoms with Crippen molar-refractivity contribution in [2.24, 2.45) is 0 Å². The van der Waals surface area contributed by atoms with Crippen LogP contribution in [-0.2, 0) is 11.3 Å². The van der Waals surface area contributed by atoms with Gasteiger partial charge >= 0.3 is 0 Å². The molecule has 6 heteroatoms. The number of nitrogens with one attached hydrogen (secondary N) is 1. The first-order valence-corrected chi connectivity index (χ1v) is 8.16. The van der Waals surface area contributed by atoms with Crippen molar-refractivity contribution in [3.05, 3.63) is 71.3 Å². The SMILES string of the molecule is Cc1oc(CNC(=O)COc2ccc(Cl)cc2)nc1-c1ccccc1. The second-order valence-corrected chi connectivity index (χ2v) is 5.83. The third kappa shape index (κ3) is 4.61. The van der Waals surface area contributed by atoms with E-state index < -0.39 is 0 Å². The summed E-state index contributed by atoms with van der Waals surface area (Å²) in [6, 6.07) is 16.6. The number of aryl methyl sites for hydroxylation is 1. The normalized spacial score (nSPS) is 10.5. The van der Waals surface area contributed by atoms with Crippen molar-refractivity contribution >= 4 is 17.5 Å². The molecule has 0 bridgehead atoms. The summed E-state index contributed by atoms with van der Waals surface area (Å²) in [7, 11) is 0. The van der Waals surface area contributed by atoms with Gasteiger partial charge in [0.25, 0.3) is 5.91 Å². The Morgan fingerprint density at radius 1 is 1.16 bits per heavy atom. The molecule has 0 spiro atoms. The van der Waals surface area contributed by atoms with Gasteiger partial charge in [-0.25, -0.2) is 4.98 Å². The number of carbonyl (C=O) groups excluding carboxylic acids is 1. The summed E-state index contributed by atoms with van der Waals surface area (Å²) in [6.07, 6.45) is 0. The van der Waals surface area contributed by atoms with Gasteiger partial charge in [-0.05, 0) is 31.2 Å². The Labute approximate surface area is 150 Å². The average molecular weight is 357 g/mol. The van der Waals surface area contributed by atoms with Gasteiger partial charge in [0.15, 0.2) is 6.61 Å². The zero-order chi connectivity index (χ0) is 17.6. The lowest BCUT2D eigenvalue weighted by atomic mass is 10.1. The molecule has 0 saturated heterocycles. The first kappa shape index (κ1) is 17.0. The number of rotatable bonds is 6. The van der Waals surface area contributed by atoms with Gasteiger partial charge in [0.1, 0.15) is 17.2 Å². The summed E-state index contributed by atoms with van der Waals surface area (Å²) >= 11 is 5.80. The summed E-state index contributed by atoms with van der Waals surface area (Å²) in [6.45, 7) is 1.97. The van der Waals surface area contributed by atoms with Gasteiger partial charge in [0.2, 0.25) is 5.89 Å². The minimum Gasteiger partial charge on any atom is -0.484 e. The highest BCUT2D eigenvalue weighted by Crippen LogP contribution is 2.22. The third-order valence-electron chi connectivity index (χ3n) is 3.51. The molecule has 3 rings (SSSR count). The molecular weight excluding hydrogens is 340 g/mol. The molecule has 1 heterocycles. The molecule has 2 aromatic carbocycles. The lowest BCUT2D eigenvalue weighted by Crippen LogP contribution is -2.28. The predicted molar refractivity (Wildman–Crippen MR) is 95.5 cm³/mol. The quantitative estimate of drug-likeness (QED) is 0.725. The molecular formula is C19H17ClN2O3.